The molecule has 2 N–H and O–H groups in total. The summed E-state index contributed by atoms with van der Waals surface area (Å²) in [5.74, 6) is 0. The molecular formula is C12H16N2O. The normalized spacial score (nSPS) is 9.40. The predicted molar refractivity (Wildman–Crippen MR) is 61.6 cm³/mol. The molecule has 1 aromatic rings. The fourth-order valence-electron chi connectivity index (χ4n) is 1.33. The summed E-state index contributed by atoms with van der Waals surface area (Å²) < 4.78 is 0. The summed E-state index contributed by atoms with van der Waals surface area (Å²) in [6.45, 7) is 6.09. The van der Waals surface area contributed by atoms with Crippen molar-refractivity contribution in [3.05, 3.63) is 48.2 Å². The van der Waals surface area contributed by atoms with Gasteiger partial charge in [0, 0.05) is 6.54 Å². The van der Waals surface area contributed by atoms with Crippen molar-refractivity contribution in [1.29, 1.82) is 0 Å². The van der Waals surface area contributed by atoms with Crippen LogP contribution in [0.3, 0.4) is 0 Å². The van der Waals surface area contributed by atoms with Crippen molar-refractivity contribution in [1.82, 2.24) is 10.6 Å². The third-order valence-electron chi connectivity index (χ3n) is 2.01. The number of hydrogen-bond acceptors (Lipinski definition) is 1. The molecule has 3 heteroatoms. The van der Waals surface area contributed by atoms with E-state index in [-0.39, 0.29) is 6.03 Å². The molecule has 15 heavy (non-hydrogen) atoms. The Hall–Kier alpha value is -1.77. The highest BCUT2D eigenvalue weighted by Gasteiger charge is 1.96. The summed E-state index contributed by atoms with van der Waals surface area (Å²) in [6.07, 6.45) is 2.20. The Kier molecular flexibility index (Phi) is 4.41. The molecule has 2 amide bonds. The van der Waals surface area contributed by atoms with Gasteiger partial charge in [0.1, 0.15) is 0 Å². The lowest BCUT2D eigenvalue weighted by Gasteiger charge is -2.05. The molecule has 0 saturated carbocycles. The highest BCUT2D eigenvalue weighted by atomic mass is 16.2. The van der Waals surface area contributed by atoms with Crippen LogP contribution in [0, 0.1) is 6.92 Å². The van der Waals surface area contributed by atoms with Crippen molar-refractivity contribution in [3.63, 3.8) is 0 Å². The van der Waals surface area contributed by atoms with E-state index in [1.807, 2.05) is 6.07 Å². The molecule has 0 aliphatic rings. The number of nitrogens with one attached hydrogen (secondary N) is 2. The molecule has 0 bridgehead atoms. The Labute approximate surface area is 90.2 Å². The van der Waals surface area contributed by atoms with Gasteiger partial charge < -0.3 is 10.6 Å². The zero-order valence-corrected chi connectivity index (χ0v) is 8.92. The minimum atomic E-state index is -0.211. The van der Waals surface area contributed by atoms with Gasteiger partial charge >= 0.3 is 6.03 Å². The van der Waals surface area contributed by atoms with Gasteiger partial charge in [-0.15, -0.1) is 0 Å². The molecule has 0 heterocycles. The van der Waals surface area contributed by atoms with Gasteiger partial charge in [0.2, 0.25) is 0 Å². The van der Waals surface area contributed by atoms with Crippen LogP contribution in [0.15, 0.2) is 37.0 Å². The average Bonchev–Trinajstić information content (AvgIpc) is 2.18. The quantitative estimate of drug-likeness (QED) is 0.773. The van der Waals surface area contributed by atoms with E-state index in [1.165, 1.54) is 17.3 Å². The monoisotopic (exact) mass is 204 g/mol. The fraction of sp³-hybridized carbons (Fsp3) is 0.250. The van der Waals surface area contributed by atoms with Crippen LogP contribution in [-0.4, -0.2) is 12.6 Å². The van der Waals surface area contributed by atoms with Gasteiger partial charge in [0.15, 0.2) is 0 Å². The SMILES string of the molecule is C=CNC(=O)NCCc1cccc(C)c1. The summed E-state index contributed by atoms with van der Waals surface area (Å²) in [5.41, 5.74) is 2.47. The molecule has 0 aromatic heterocycles. The lowest BCUT2D eigenvalue weighted by Crippen LogP contribution is -2.33. The molecular weight excluding hydrogens is 188 g/mol. The summed E-state index contributed by atoms with van der Waals surface area (Å²) in [6, 6.07) is 8.04. The number of amides is 2. The summed E-state index contributed by atoms with van der Waals surface area (Å²) in [5, 5.41) is 5.19. The number of rotatable bonds is 4. The molecule has 1 aromatic carbocycles. The number of carbonyl (C=O) groups is 1. The van der Waals surface area contributed by atoms with Crippen LogP contribution in [-0.2, 0) is 6.42 Å². The third-order valence-corrected chi connectivity index (χ3v) is 2.01. The molecule has 0 saturated heterocycles. The maximum absolute atomic E-state index is 11.0. The highest BCUT2D eigenvalue weighted by molar-refractivity contribution is 5.74. The standard InChI is InChI=1S/C12H16N2O/c1-3-13-12(15)14-8-7-11-6-4-5-10(2)9-11/h3-6,9H,1,7-8H2,2H3,(H2,13,14,15). The topological polar surface area (TPSA) is 41.1 Å². The molecule has 0 aliphatic carbocycles. The molecule has 80 valence electrons. The van der Waals surface area contributed by atoms with Crippen molar-refractivity contribution in [2.45, 2.75) is 13.3 Å². The summed E-state index contributed by atoms with van der Waals surface area (Å²) >= 11 is 0. The van der Waals surface area contributed by atoms with Gasteiger partial charge in [0.25, 0.3) is 0 Å². The third kappa shape index (κ3) is 4.31. The first-order valence-electron chi connectivity index (χ1n) is 4.93. The van der Waals surface area contributed by atoms with E-state index >= 15 is 0 Å². The minimum Gasteiger partial charge on any atom is -0.338 e. The molecule has 1 rings (SSSR count). The van der Waals surface area contributed by atoms with Crippen LogP contribution in [0.25, 0.3) is 0 Å². The zero-order valence-electron chi connectivity index (χ0n) is 8.92. The van der Waals surface area contributed by atoms with E-state index < -0.39 is 0 Å². The second-order valence-corrected chi connectivity index (χ2v) is 3.34. The first-order valence-corrected chi connectivity index (χ1v) is 4.93. The predicted octanol–water partition coefficient (Wildman–Crippen LogP) is 1.98. The molecule has 0 fully saturated rings. The molecule has 0 spiro atoms. The van der Waals surface area contributed by atoms with Crippen molar-refractivity contribution in [2.24, 2.45) is 0 Å². The van der Waals surface area contributed by atoms with Crippen molar-refractivity contribution in [3.8, 4) is 0 Å². The number of urea groups is 1. The van der Waals surface area contributed by atoms with Crippen LogP contribution in [0.4, 0.5) is 4.79 Å². The first kappa shape index (κ1) is 11.3. The van der Waals surface area contributed by atoms with E-state index in [2.05, 4.69) is 42.3 Å². The Balaban J connectivity index is 2.31. The maximum atomic E-state index is 11.0. The van der Waals surface area contributed by atoms with Crippen LogP contribution in [0.1, 0.15) is 11.1 Å². The molecule has 0 aliphatic heterocycles. The van der Waals surface area contributed by atoms with Crippen molar-refractivity contribution < 1.29 is 4.79 Å². The Morgan fingerprint density at radius 2 is 2.33 bits per heavy atom. The lowest BCUT2D eigenvalue weighted by atomic mass is 10.1. The largest absolute Gasteiger partial charge is 0.338 e. The van der Waals surface area contributed by atoms with Crippen molar-refractivity contribution >= 4 is 6.03 Å². The van der Waals surface area contributed by atoms with Crippen LogP contribution in [0.5, 0.6) is 0 Å². The fourth-order valence-corrected chi connectivity index (χ4v) is 1.33. The van der Waals surface area contributed by atoms with Gasteiger partial charge in [-0.2, -0.15) is 0 Å². The number of benzene rings is 1. The van der Waals surface area contributed by atoms with Crippen LogP contribution < -0.4 is 10.6 Å². The summed E-state index contributed by atoms with van der Waals surface area (Å²) in [4.78, 5) is 11.0. The van der Waals surface area contributed by atoms with E-state index in [9.17, 15) is 4.79 Å². The Bertz CT molecular complexity index is 347. The lowest BCUT2D eigenvalue weighted by molar-refractivity contribution is 0.244. The van der Waals surface area contributed by atoms with Crippen LogP contribution >= 0.6 is 0 Å². The second kappa shape index (κ2) is 5.86. The van der Waals surface area contributed by atoms with E-state index in [1.54, 1.807) is 0 Å². The maximum Gasteiger partial charge on any atom is 0.318 e. The van der Waals surface area contributed by atoms with Gasteiger partial charge in [-0.3, -0.25) is 0 Å². The Morgan fingerprint density at radius 1 is 1.53 bits per heavy atom. The Morgan fingerprint density at radius 3 is 3.00 bits per heavy atom. The van der Waals surface area contributed by atoms with E-state index in [0.29, 0.717) is 6.54 Å². The molecule has 0 radical (unpaired) electrons. The number of hydrogen-bond donors (Lipinski definition) is 2. The molecule has 0 unspecified atom stereocenters. The van der Waals surface area contributed by atoms with Gasteiger partial charge in [-0.1, -0.05) is 36.4 Å². The van der Waals surface area contributed by atoms with Crippen LogP contribution in [0.2, 0.25) is 0 Å². The number of aryl methyl sites for hydroxylation is 1. The molecule has 3 nitrogen and oxygen atoms in total. The molecule has 0 atom stereocenters. The minimum absolute atomic E-state index is 0.211. The van der Waals surface area contributed by atoms with Gasteiger partial charge in [-0.25, -0.2) is 4.79 Å². The van der Waals surface area contributed by atoms with E-state index in [4.69, 9.17) is 0 Å². The van der Waals surface area contributed by atoms with Gasteiger partial charge in [-0.05, 0) is 25.1 Å². The highest BCUT2D eigenvalue weighted by Crippen LogP contribution is 2.03. The first-order chi connectivity index (χ1) is 7.22. The average molecular weight is 204 g/mol. The second-order valence-electron chi connectivity index (χ2n) is 3.34. The smallest absolute Gasteiger partial charge is 0.318 e. The van der Waals surface area contributed by atoms with Crippen molar-refractivity contribution in [2.75, 3.05) is 6.54 Å². The number of carbonyl (C=O) groups excluding carboxylic acids is 1. The summed E-state index contributed by atoms with van der Waals surface area (Å²) in [7, 11) is 0. The van der Waals surface area contributed by atoms with Gasteiger partial charge in [0.05, 0.1) is 0 Å². The zero-order chi connectivity index (χ0) is 11.1. The van der Waals surface area contributed by atoms with E-state index in [0.717, 1.165) is 6.42 Å².